The summed E-state index contributed by atoms with van der Waals surface area (Å²) >= 11 is 0. The lowest BCUT2D eigenvalue weighted by molar-refractivity contribution is -0.231. The van der Waals surface area contributed by atoms with Gasteiger partial charge in [-0.15, -0.1) is 0 Å². The van der Waals surface area contributed by atoms with E-state index in [0.717, 1.165) is 0 Å². The molecule has 1 unspecified atom stereocenters. The fourth-order valence-electron chi connectivity index (χ4n) is 3.68. The molecule has 1 amide bonds. The molecule has 3 fully saturated rings. The average molecular weight is 387 g/mol. The van der Waals surface area contributed by atoms with Crippen molar-refractivity contribution < 1.29 is 38.0 Å². The van der Waals surface area contributed by atoms with Crippen molar-refractivity contribution >= 4 is 11.9 Å². The molecular weight excluding hydrogens is 358 g/mol. The SMILES string of the molecule is COC(=O)C(NC(=O)[C@H]1O[C@@H]2OC(C)(C)O[C@@H]2[C@H]2OC(C)(C)O[C@H]21)C(C)C. The van der Waals surface area contributed by atoms with Gasteiger partial charge in [-0.25, -0.2) is 4.79 Å². The van der Waals surface area contributed by atoms with Gasteiger partial charge in [0.2, 0.25) is 0 Å². The third-order valence-corrected chi connectivity index (χ3v) is 4.83. The first-order chi connectivity index (χ1) is 12.4. The van der Waals surface area contributed by atoms with Crippen LogP contribution in [0.15, 0.2) is 0 Å². The molecular formula is C18H29NO8. The molecule has 0 aromatic carbocycles. The van der Waals surface area contributed by atoms with Gasteiger partial charge < -0.3 is 33.7 Å². The van der Waals surface area contributed by atoms with E-state index in [1.54, 1.807) is 27.7 Å². The Labute approximate surface area is 158 Å². The van der Waals surface area contributed by atoms with E-state index in [4.69, 9.17) is 28.4 Å². The summed E-state index contributed by atoms with van der Waals surface area (Å²) in [6, 6.07) is -0.796. The molecule has 3 aliphatic heterocycles. The molecule has 9 heteroatoms. The van der Waals surface area contributed by atoms with Gasteiger partial charge in [-0.2, -0.15) is 0 Å². The fraction of sp³-hybridized carbons (Fsp3) is 0.889. The quantitative estimate of drug-likeness (QED) is 0.704. The van der Waals surface area contributed by atoms with Gasteiger partial charge in [0.1, 0.15) is 24.4 Å². The van der Waals surface area contributed by atoms with Gasteiger partial charge in [0.25, 0.3) is 5.91 Å². The summed E-state index contributed by atoms with van der Waals surface area (Å²) in [5.74, 6) is -2.93. The van der Waals surface area contributed by atoms with E-state index in [1.165, 1.54) is 7.11 Å². The van der Waals surface area contributed by atoms with Crippen LogP contribution in [-0.2, 0) is 38.0 Å². The minimum atomic E-state index is -1.01. The molecule has 0 aromatic heterocycles. The standard InChI is InChI=1S/C18H29NO8/c1-8(2)9(15(21)22-7)19-14(20)12-10-11(25-17(3,4)24-10)13-16(23-12)27-18(5,6)26-13/h8-13,16H,1-7H3,(H,19,20)/t9?,10-,11+,12+,13-,16-/m1/s1. The highest BCUT2D eigenvalue weighted by atomic mass is 16.9. The number of amides is 1. The lowest BCUT2D eigenvalue weighted by Crippen LogP contribution is -2.61. The van der Waals surface area contributed by atoms with Crippen molar-refractivity contribution in [3.8, 4) is 0 Å². The van der Waals surface area contributed by atoms with Crippen LogP contribution in [0.25, 0.3) is 0 Å². The molecule has 0 saturated carbocycles. The second kappa shape index (κ2) is 6.97. The molecule has 3 saturated heterocycles. The molecule has 6 atom stereocenters. The smallest absolute Gasteiger partial charge is 0.328 e. The van der Waals surface area contributed by atoms with Crippen LogP contribution < -0.4 is 5.32 Å². The van der Waals surface area contributed by atoms with Crippen molar-refractivity contribution in [2.75, 3.05) is 7.11 Å². The van der Waals surface area contributed by atoms with Gasteiger partial charge in [-0.1, -0.05) is 13.8 Å². The zero-order valence-electron chi connectivity index (χ0n) is 16.8. The summed E-state index contributed by atoms with van der Waals surface area (Å²) in [5, 5.41) is 2.71. The lowest BCUT2D eigenvalue weighted by atomic mass is 9.97. The minimum absolute atomic E-state index is 0.157. The van der Waals surface area contributed by atoms with E-state index < -0.39 is 60.2 Å². The first kappa shape index (κ1) is 20.5. The summed E-state index contributed by atoms with van der Waals surface area (Å²) in [4.78, 5) is 25.0. The number of hydrogen-bond acceptors (Lipinski definition) is 8. The summed E-state index contributed by atoms with van der Waals surface area (Å²) in [7, 11) is 1.28. The summed E-state index contributed by atoms with van der Waals surface area (Å²) in [6.07, 6.45) is -3.53. The van der Waals surface area contributed by atoms with Crippen LogP contribution in [0.5, 0.6) is 0 Å². The van der Waals surface area contributed by atoms with Crippen LogP contribution in [0, 0.1) is 5.92 Å². The Hall–Kier alpha value is -1.26. The number of carbonyl (C=O) groups is 2. The zero-order chi connectivity index (χ0) is 20.1. The molecule has 0 aliphatic carbocycles. The fourth-order valence-corrected chi connectivity index (χ4v) is 3.68. The third-order valence-electron chi connectivity index (χ3n) is 4.83. The van der Waals surface area contributed by atoms with E-state index in [0.29, 0.717) is 0 Å². The van der Waals surface area contributed by atoms with E-state index in [2.05, 4.69) is 5.32 Å². The normalized spacial score (nSPS) is 37.4. The minimum Gasteiger partial charge on any atom is -0.467 e. The summed E-state index contributed by atoms with van der Waals surface area (Å²) in [5.41, 5.74) is 0. The lowest BCUT2D eigenvalue weighted by Gasteiger charge is -2.37. The maximum atomic E-state index is 13.0. The van der Waals surface area contributed by atoms with Gasteiger partial charge in [0, 0.05) is 0 Å². The largest absolute Gasteiger partial charge is 0.467 e. The predicted molar refractivity (Wildman–Crippen MR) is 91.3 cm³/mol. The van der Waals surface area contributed by atoms with Crippen LogP contribution in [0.1, 0.15) is 41.5 Å². The van der Waals surface area contributed by atoms with Crippen molar-refractivity contribution in [1.82, 2.24) is 5.32 Å². The summed E-state index contributed by atoms with van der Waals surface area (Å²) in [6.45, 7) is 10.7. The molecule has 0 aromatic rings. The highest BCUT2D eigenvalue weighted by Gasteiger charge is 2.62. The van der Waals surface area contributed by atoms with E-state index >= 15 is 0 Å². The van der Waals surface area contributed by atoms with Crippen molar-refractivity contribution in [2.45, 2.75) is 89.9 Å². The van der Waals surface area contributed by atoms with Crippen molar-refractivity contribution in [1.29, 1.82) is 0 Å². The Morgan fingerprint density at radius 2 is 1.48 bits per heavy atom. The first-order valence-electron chi connectivity index (χ1n) is 9.19. The molecule has 9 nitrogen and oxygen atoms in total. The molecule has 0 bridgehead atoms. The Bertz CT molecular complexity index is 604. The van der Waals surface area contributed by atoms with Gasteiger partial charge in [-0.3, -0.25) is 4.79 Å². The molecule has 3 heterocycles. The molecule has 154 valence electrons. The monoisotopic (exact) mass is 387 g/mol. The maximum absolute atomic E-state index is 13.0. The molecule has 27 heavy (non-hydrogen) atoms. The highest BCUT2D eigenvalue weighted by molar-refractivity contribution is 5.87. The Balaban J connectivity index is 1.82. The average Bonchev–Trinajstić information content (AvgIpc) is 3.04. The number of rotatable bonds is 4. The summed E-state index contributed by atoms with van der Waals surface area (Å²) < 4.78 is 34.3. The zero-order valence-corrected chi connectivity index (χ0v) is 16.8. The molecule has 1 N–H and O–H groups in total. The number of ether oxygens (including phenoxy) is 6. The third kappa shape index (κ3) is 3.97. The Morgan fingerprint density at radius 1 is 0.926 bits per heavy atom. The molecule has 0 radical (unpaired) electrons. The van der Waals surface area contributed by atoms with Gasteiger partial charge in [0.05, 0.1) is 7.11 Å². The predicted octanol–water partition coefficient (Wildman–Crippen LogP) is 0.697. The van der Waals surface area contributed by atoms with Crippen molar-refractivity contribution in [2.24, 2.45) is 5.92 Å². The molecule has 0 spiro atoms. The van der Waals surface area contributed by atoms with Gasteiger partial charge in [0.15, 0.2) is 24.0 Å². The number of esters is 1. The number of methoxy groups -OCH3 is 1. The molecule has 3 aliphatic rings. The topological polar surface area (TPSA) is 102 Å². The highest BCUT2D eigenvalue weighted by Crippen LogP contribution is 2.44. The molecule has 3 rings (SSSR count). The maximum Gasteiger partial charge on any atom is 0.328 e. The second-order valence-electron chi connectivity index (χ2n) is 8.34. The Morgan fingerprint density at radius 3 is 2.07 bits per heavy atom. The van der Waals surface area contributed by atoms with Crippen LogP contribution in [0.3, 0.4) is 0 Å². The van der Waals surface area contributed by atoms with Crippen LogP contribution in [-0.4, -0.2) is 67.3 Å². The second-order valence-corrected chi connectivity index (χ2v) is 8.34. The van der Waals surface area contributed by atoms with Crippen LogP contribution >= 0.6 is 0 Å². The van der Waals surface area contributed by atoms with Crippen molar-refractivity contribution in [3.63, 3.8) is 0 Å². The van der Waals surface area contributed by atoms with E-state index in [-0.39, 0.29) is 5.92 Å². The van der Waals surface area contributed by atoms with Crippen LogP contribution in [0.4, 0.5) is 0 Å². The number of fused-ring (bicyclic) bond motifs is 3. The van der Waals surface area contributed by atoms with Crippen LogP contribution in [0.2, 0.25) is 0 Å². The van der Waals surface area contributed by atoms with Gasteiger partial charge >= 0.3 is 5.97 Å². The first-order valence-corrected chi connectivity index (χ1v) is 9.19. The number of nitrogens with one attached hydrogen (secondary N) is 1. The van der Waals surface area contributed by atoms with Crippen molar-refractivity contribution in [3.05, 3.63) is 0 Å². The van der Waals surface area contributed by atoms with E-state index in [1.807, 2.05) is 13.8 Å². The number of carbonyl (C=O) groups excluding carboxylic acids is 2. The number of hydrogen-bond donors (Lipinski definition) is 1. The van der Waals surface area contributed by atoms with E-state index in [9.17, 15) is 9.59 Å². The van der Waals surface area contributed by atoms with Gasteiger partial charge in [-0.05, 0) is 33.6 Å². The Kier molecular flexibility index (Phi) is 5.28.